The van der Waals surface area contributed by atoms with Crippen LogP contribution in [0.3, 0.4) is 0 Å². The normalized spacial score (nSPS) is 15.9. The average Bonchev–Trinajstić information content (AvgIpc) is 3.39. The van der Waals surface area contributed by atoms with Gasteiger partial charge in [0, 0.05) is 5.02 Å². The van der Waals surface area contributed by atoms with E-state index in [-0.39, 0.29) is 17.1 Å². The van der Waals surface area contributed by atoms with Crippen molar-refractivity contribution in [1.29, 1.82) is 5.26 Å². The van der Waals surface area contributed by atoms with Crippen molar-refractivity contribution in [3.63, 3.8) is 0 Å². The van der Waals surface area contributed by atoms with Crippen LogP contribution >= 0.6 is 34.7 Å². The Balaban J connectivity index is 1.56. The zero-order valence-corrected chi connectivity index (χ0v) is 16.6. The van der Waals surface area contributed by atoms with Gasteiger partial charge in [-0.05, 0) is 41.5 Å². The number of hydrogen-bond acceptors (Lipinski definition) is 8. The largest absolute Gasteiger partial charge is 0.510 e. The molecule has 1 saturated carbocycles. The Morgan fingerprint density at radius 1 is 1.41 bits per heavy atom. The Morgan fingerprint density at radius 2 is 2.22 bits per heavy atom. The Bertz CT molecular complexity index is 1050. The summed E-state index contributed by atoms with van der Waals surface area (Å²) in [5, 5.41) is 33.6. The van der Waals surface area contributed by atoms with E-state index < -0.39 is 0 Å². The van der Waals surface area contributed by atoms with Gasteiger partial charge in [-0.2, -0.15) is 5.26 Å². The van der Waals surface area contributed by atoms with Crippen LogP contribution in [-0.4, -0.2) is 36.1 Å². The topological polar surface area (TPSA) is 101 Å². The smallest absolute Gasteiger partial charge is 0.210 e. The molecule has 1 aliphatic rings. The van der Waals surface area contributed by atoms with Crippen molar-refractivity contribution >= 4 is 50.5 Å². The van der Waals surface area contributed by atoms with Crippen LogP contribution in [0.15, 0.2) is 29.1 Å². The maximum absolute atomic E-state index is 10.5. The molecule has 0 spiro atoms. The zero-order chi connectivity index (χ0) is 18.8. The van der Waals surface area contributed by atoms with E-state index in [0.717, 1.165) is 17.5 Å². The van der Waals surface area contributed by atoms with E-state index in [4.69, 9.17) is 11.6 Å². The van der Waals surface area contributed by atoms with Gasteiger partial charge in [0.2, 0.25) is 5.16 Å². The zero-order valence-electron chi connectivity index (χ0n) is 14.2. The van der Waals surface area contributed by atoms with E-state index in [0.29, 0.717) is 26.7 Å². The lowest BCUT2D eigenvalue weighted by atomic mass is 10.2. The predicted octanol–water partition coefficient (Wildman–Crippen LogP) is 4.64. The number of thioether (sulfide) groups is 1. The van der Waals surface area contributed by atoms with E-state index in [1.165, 1.54) is 35.9 Å². The SMILES string of the molecule is N#C/C(=C(/O)CSc1nnnn1C1CCCC1)c1nc2cc(Cl)ccc2s1. The third-order valence-electron chi connectivity index (χ3n) is 4.44. The van der Waals surface area contributed by atoms with E-state index in [9.17, 15) is 10.4 Å². The van der Waals surface area contributed by atoms with Gasteiger partial charge >= 0.3 is 0 Å². The van der Waals surface area contributed by atoms with Crippen LogP contribution in [0.4, 0.5) is 0 Å². The lowest BCUT2D eigenvalue weighted by Gasteiger charge is -2.10. The lowest BCUT2D eigenvalue weighted by Crippen LogP contribution is -2.08. The fourth-order valence-electron chi connectivity index (χ4n) is 3.11. The van der Waals surface area contributed by atoms with Crippen molar-refractivity contribution in [3.8, 4) is 6.07 Å². The van der Waals surface area contributed by atoms with Crippen molar-refractivity contribution in [3.05, 3.63) is 34.0 Å². The maximum atomic E-state index is 10.5. The average molecular weight is 419 g/mol. The van der Waals surface area contributed by atoms with Gasteiger partial charge in [0.05, 0.1) is 22.0 Å². The van der Waals surface area contributed by atoms with Gasteiger partial charge in [0.1, 0.15) is 22.4 Å². The summed E-state index contributed by atoms with van der Waals surface area (Å²) in [6.07, 6.45) is 4.50. The van der Waals surface area contributed by atoms with Crippen molar-refractivity contribution in [2.75, 3.05) is 5.75 Å². The number of nitrogens with zero attached hydrogens (tertiary/aromatic N) is 6. The molecule has 1 aliphatic carbocycles. The standard InChI is InChI=1S/C17H15ClN6OS2/c18-10-5-6-15-13(7-10)20-16(27-15)12(8-19)14(25)9-26-17-21-22-23-24(17)11-3-1-2-4-11/h5-7,11,25H,1-4,9H2/b14-12-. The summed E-state index contributed by atoms with van der Waals surface area (Å²) >= 11 is 8.66. The van der Waals surface area contributed by atoms with Crippen LogP contribution in [0.25, 0.3) is 15.8 Å². The fraction of sp³-hybridized carbons (Fsp3) is 0.353. The number of aromatic nitrogens is 5. The molecule has 2 aromatic heterocycles. The molecule has 0 amide bonds. The number of rotatable bonds is 5. The van der Waals surface area contributed by atoms with E-state index in [1.54, 1.807) is 12.1 Å². The summed E-state index contributed by atoms with van der Waals surface area (Å²) in [5.74, 6) is 0.167. The molecule has 0 bridgehead atoms. The molecule has 10 heteroatoms. The van der Waals surface area contributed by atoms with Crippen LogP contribution in [0.2, 0.25) is 5.02 Å². The third kappa shape index (κ3) is 3.78. The molecule has 0 saturated heterocycles. The van der Waals surface area contributed by atoms with Gasteiger partial charge in [-0.3, -0.25) is 0 Å². The van der Waals surface area contributed by atoms with E-state index in [2.05, 4.69) is 26.6 Å². The van der Waals surface area contributed by atoms with Gasteiger partial charge in [-0.1, -0.05) is 36.2 Å². The second kappa shape index (κ2) is 7.84. The molecule has 7 nitrogen and oxygen atoms in total. The van der Waals surface area contributed by atoms with Gasteiger partial charge in [0.25, 0.3) is 0 Å². The number of fused-ring (bicyclic) bond motifs is 1. The maximum Gasteiger partial charge on any atom is 0.210 e. The van der Waals surface area contributed by atoms with Gasteiger partial charge in [-0.15, -0.1) is 16.4 Å². The highest BCUT2D eigenvalue weighted by Gasteiger charge is 2.22. The molecule has 0 aliphatic heterocycles. The van der Waals surface area contributed by atoms with E-state index >= 15 is 0 Å². The molecule has 27 heavy (non-hydrogen) atoms. The Kier molecular flexibility index (Phi) is 5.29. The third-order valence-corrected chi connectivity index (χ3v) is 6.67. The number of aliphatic hydroxyl groups excluding tert-OH is 1. The molecule has 1 aromatic carbocycles. The summed E-state index contributed by atoms with van der Waals surface area (Å²) < 4.78 is 2.74. The summed E-state index contributed by atoms with van der Waals surface area (Å²) in [7, 11) is 0. The molecular weight excluding hydrogens is 404 g/mol. The van der Waals surface area contributed by atoms with Crippen LogP contribution in [0, 0.1) is 11.3 Å². The predicted molar refractivity (Wildman–Crippen MR) is 106 cm³/mol. The van der Waals surface area contributed by atoms with Crippen LogP contribution < -0.4 is 0 Å². The van der Waals surface area contributed by atoms with Gasteiger partial charge < -0.3 is 5.11 Å². The highest BCUT2D eigenvalue weighted by Crippen LogP contribution is 2.33. The van der Waals surface area contributed by atoms with Crippen molar-refractivity contribution in [2.45, 2.75) is 36.9 Å². The van der Waals surface area contributed by atoms with Crippen molar-refractivity contribution in [1.82, 2.24) is 25.2 Å². The monoisotopic (exact) mass is 418 g/mol. The molecule has 0 atom stereocenters. The first-order valence-electron chi connectivity index (χ1n) is 8.45. The van der Waals surface area contributed by atoms with E-state index in [1.807, 2.05) is 10.7 Å². The second-order valence-electron chi connectivity index (χ2n) is 6.20. The molecule has 2 heterocycles. The first kappa shape index (κ1) is 18.2. The summed E-state index contributed by atoms with van der Waals surface area (Å²) in [6.45, 7) is 0. The molecule has 138 valence electrons. The fourth-order valence-corrected chi connectivity index (χ4v) is 5.06. The number of allylic oxidation sites excluding steroid dienone is 1. The minimum Gasteiger partial charge on any atom is -0.510 e. The van der Waals surface area contributed by atoms with Crippen molar-refractivity contribution < 1.29 is 5.11 Å². The Morgan fingerprint density at radius 3 is 3.00 bits per heavy atom. The minimum atomic E-state index is -0.0337. The van der Waals surface area contributed by atoms with Gasteiger partial charge in [-0.25, -0.2) is 9.67 Å². The quantitative estimate of drug-likeness (QED) is 0.366. The highest BCUT2D eigenvalue weighted by molar-refractivity contribution is 7.99. The number of nitriles is 1. The number of tetrazole rings is 1. The number of aliphatic hydroxyl groups is 1. The molecule has 0 unspecified atom stereocenters. The minimum absolute atomic E-state index is 0.0337. The first-order chi connectivity index (χ1) is 13.2. The molecule has 1 fully saturated rings. The molecule has 1 N–H and O–H groups in total. The first-order valence-corrected chi connectivity index (χ1v) is 10.6. The molecule has 3 aromatic rings. The Hall–Kier alpha value is -2.15. The summed E-state index contributed by atoms with van der Waals surface area (Å²) in [6, 6.07) is 7.76. The van der Waals surface area contributed by atoms with Crippen LogP contribution in [-0.2, 0) is 0 Å². The Labute approximate surface area is 168 Å². The molecular formula is C17H15ClN6OS2. The molecule has 4 rings (SSSR count). The highest BCUT2D eigenvalue weighted by atomic mass is 35.5. The van der Waals surface area contributed by atoms with Crippen LogP contribution in [0.1, 0.15) is 36.7 Å². The molecule has 0 radical (unpaired) electrons. The number of hydrogen-bond donors (Lipinski definition) is 1. The second-order valence-corrected chi connectivity index (χ2v) is 8.61. The van der Waals surface area contributed by atoms with Gasteiger partial charge in [0.15, 0.2) is 0 Å². The van der Waals surface area contributed by atoms with Crippen LogP contribution in [0.5, 0.6) is 0 Å². The summed E-state index contributed by atoms with van der Waals surface area (Å²) in [5.41, 5.74) is 0.876. The number of halogens is 1. The number of benzene rings is 1. The summed E-state index contributed by atoms with van der Waals surface area (Å²) in [4.78, 5) is 4.43. The van der Waals surface area contributed by atoms with Crippen molar-refractivity contribution in [2.24, 2.45) is 0 Å². The number of thiazole rings is 1. The lowest BCUT2D eigenvalue weighted by molar-refractivity contribution is 0.416.